The Morgan fingerprint density at radius 2 is 1.80 bits per heavy atom. The number of hydrogen-bond acceptors (Lipinski definition) is 3. The van der Waals surface area contributed by atoms with Crippen molar-refractivity contribution >= 4 is 22.5 Å². The van der Waals surface area contributed by atoms with Crippen LogP contribution in [0.5, 0.6) is 0 Å². The summed E-state index contributed by atoms with van der Waals surface area (Å²) in [4.78, 5) is 25.8. The minimum Gasteiger partial charge on any atom is -0.363 e. The van der Waals surface area contributed by atoms with E-state index in [9.17, 15) is 9.59 Å². The van der Waals surface area contributed by atoms with Gasteiger partial charge in [-0.2, -0.15) is 0 Å². The zero-order valence-corrected chi connectivity index (χ0v) is 7.81. The summed E-state index contributed by atoms with van der Waals surface area (Å²) in [5.41, 5.74) is 4.97. The highest BCUT2D eigenvalue weighted by atomic mass is 16.2. The van der Waals surface area contributed by atoms with Gasteiger partial charge in [0.1, 0.15) is 5.69 Å². The predicted octanol–water partition coefficient (Wildman–Crippen LogP) is 0.903. The number of hydrogen-bond donors (Lipinski definition) is 1. The average Bonchev–Trinajstić information content (AvgIpc) is 2.27. The van der Waals surface area contributed by atoms with Crippen molar-refractivity contribution in [3.8, 4) is 0 Å². The maximum Gasteiger partial charge on any atom is 0.291 e. The lowest BCUT2D eigenvalue weighted by molar-refractivity contribution is -0.114. The first-order chi connectivity index (χ1) is 7.18. The van der Waals surface area contributed by atoms with Crippen molar-refractivity contribution in [3.05, 3.63) is 42.2 Å². The van der Waals surface area contributed by atoms with E-state index in [1.54, 1.807) is 12.3 Å². The molecule has 0 unspecified atom stereocenters. The molecule has 0 aliphatic carbocycles. The van der Waals surface area contributed by atoms with Gasteiger partial charge in [-0.15, -0.1) is 0 Å². The highest BCUT2D eigenvalue weighted by Gasteiger charge is 2.13. The molecule has 0 aliphatic rings. The van der Waals surface area contributed by atoms with E-state index in [2.05, 4.69) is 4.98 Å². The fourth-order valence-electron chi connectivity index (χ4n) is 1.33. The number of fused-ring (bicyclic) bond motifs is 1. The molecule has 0 saturated heterocycles. The van der Waals surface area contributed by atoms with Crippen molar-refractivity contribution in [2.24, 2.45) is 5.73 Å². The summed E-state index contributed by atoms with van der Waals surface area (Å²) in [5.74, 6) is -1.75. The number of primary amides is 1. The highest BCUT2D eigenvalue weighted by molar-refractivity contribution is 6.41. The molecule has 0 radical (unpaired) electrons. The third-order valence-electron chi connectivity index (χ3n) is 2.09. The Balaban J connectivity index is 2.56. The Labute approximate surface area is 85.7 Å². The van der Waals surface area contributed by atoms with Crippen molar-refractivity contribution in [1.29, 1.82) is 0 Å². The maximum absolute atomic E-state index is 11.3. The third-order valence-corrected chi connectivity index (χ3v) is 2.09. The summed E-state index contributed by atoms with van der Waals surface area (Å²) in [6.07, 6.45) is 1.55. The van der Waals surface area contributed by atoms with E-state index in [0.29, 0.717) is 0 Å². The molecule has 15 heavy (non-hydrogen) atoms. The maximum atomic E-state index is 11.3. The largest absolute Gasteiger partial charge is 0.363 e. The van der Waals surface area contributed by atoms with Crippen LogP contribution >= 0.6 is 0 Å². The molecule has 1 heterocycles. The zero-order valence-electron chi connectivity index (χ0n) is 7.81. The fourth-order valence-corrected chi connectivity index (χ4v) is 1.33. The van der Waals surface area contributed by atoms with Crippen LogP contribution in [0.1, 0.15) is 10.5 Å². The summed E-state index contributed by atoms with van der Waals surface area (Å²) in [7, 11) is 0. The molecule has 0 spiro atoms. The van der Waals surface area contributed by atoms with Crippen molar-refractivity contribution in [2.75, 3.05) is 0 Å². The Morgan fingerprint density at radius 3 is 2.47 bits per heavy atom. The lowest BCUT2D eigenvalue weighted by Gasteiger charge is -1.99. The van der Waals surface area contributed by atoms with Gasteiger partial charge in [-0.25, -0.2) is 0 Å². The van der Waals surface area contributed by atoms with Crippen LogP contribution in [0.25, 0.3) is 10.8 Å². The van der Waals surface area contributed by atoms with Gasteiger partial charge in [0.25, 0.3) is 11.7 Å². The molecule has 0 fully saturated rings. The van der Waals surface area contributed by atoms with E-state index in [1.807, 2.05) is 24.3 Å². The second-order valence-electron chi connectivity index (χ2n) is 3.11. The van der Waals surface area contributed by atoms with Crippen molar-refractivity contribution < 1.29 is 9.59 Å². The van der Waals surface area contributed by atoms with Crippen LogP contribution in [0.4, 0.5) is 0 Å². The summed E-state index contributed by atoms with van der Waals surface area (Å²) in [6.45, 7) is 0. The Bertz CT molecular complexity index is 549. The third kappa shape index (κ3) is 1.69. The van der Waals surface area contributed by atoms with Crippen molar-refractivity contribution in [3.63, 3.8) is 0 Å². The van der Waals surface area contributed by atoms with Gasteiger partial charge in [0, 0.05) is 11.6 Å². The van der Waals surface area contributed by atoms with E-state index in [4.69, 9.17) is 5.73 Å². The number of pyridine rings is 1. The lowest BCUT2D eigenvalue weighted by Crippen LogP contribution is -2.23. The minimum atomic E-state index is -0.988. The second-order valence-corrected chi connectivity index (χ2v) is 3.11. The molecule has 1 aromatic heterocycles. The van der Waals surface area contributed by atoms with E-state index in [1.165, 1.54) is 0 Å². The number of carbonyl (C=O) groups is 2. The Morgan fingerprint density at radius 1 is 1.13 bits per heavy atom. The first kappa shape index (κ1) is 9.33. The molecule has 1 aromatic carbocycles. The number of rotatable bonds is 2. The van der Waals surface area contributed by atoms with Gasteiger partial charge in [0.15, 0.2) is 0 Å². The number of amides is 1. The predicted molar refractivity (Wildman–Crippen MR) is 55.3 cm³/mol. The van der Waals surface area contributed by atoms with E-state index >= 15 is 0 Å². The quantitative estimate of drug-likeness (QED) is 0.578. The standard InChI is InChI=1S/C11H8N2O2/c12-11(15)10(14)9-5-7-3-1-2-4-8(7)6-13-9/h1-6H,(H2,12,15). The van der Waals surface area contributed by atoms with Gasteiger partial charge >= 0.3 is 0 Å². The molecule has 4 nitrogen and oxygen atoms in total. The molecule has 2 rings (SSSR count). The van der Waals surface area contributed by atoms with Crippen molar-refractivity contribution in [2.45, 2.75) is 0 Å². The SMILES string of the molecule is NC(=O)C(=O)c1cc2ccccc2cn1. The molecular weight excluding hydrogens is 192 g/mol. The normalized spacial score (nSPS) is 10.1. The Kier molecular flexibility index (Phi) is 2.17. The van der Waals surface area contributed by atoms with Crippen LogP contribution in [0, 0.1) is 0 Å². The monoisotopic (exact) mass is 200 g/mol. The number of nitrogens with zero attached hydrogens (tertiary/aromatic N) is 1. The first-order valence-electron chi connectivity index (χ1n) is 4.37. The fraction of sp³-hybridized carbons (Fsp3) is 0. The van der Waals surface area contributed by atoms with Gasteiger partial charge in [0.05, 0.1) is 0 Å². The van der Waals surface area contributed by atoms with Crippen molar-refractivity contribution in [1.82, 2.24) is 4.98 Å². The molecule has 2 aromatic rings. The van der Waals surface area contributed by atoms with Crippen LogP contribution in [0.15, 0.2) is 36.5 Å². The first-order valence-corrected chi connectivity index (χ1v) is 4.37. The number of ketones is 1. The molecule has 2 N–H and O–H groups in total. The van der Waals surface area contributed by atoms with Gasteiger partial charge < -0.3 is 5.73 Å². The van der Waals surface area contributed by atoms with E-state index < -0.39 is 11.7 Å². The number of carbonyl (C=O) groups excluding carboxylic acids is 2. The lowest BCUT2D eigenvalue weighted by atomic mass is 10.1. The minimum absolute atomic E-state index is 0.0844. The smallest absolute Gasteiger partial charge is 0.291 e. The van der Waals surface area contributed by atoms with E-state index in [0.717, 1.165) is 10.8 Å². The topological polar surface area (TPSA) is 73.1 Å². The summed E-state index contributed by atoms with van der Waals surface area (Å²) in [6, 6.07) is 9.00. The van der Waals surface area contributed by atoms with Crippen LogP contribution in [-0.4, -0.2) is 16.7 Å². The number of aromatic nitrogens is 1. The summed E-state index contributed by atoms with van der Waals surface area (Å²) < 4.78 is 0. The summed E-state index contributed by atoms with van der Waals surface area (Å²) in [5, 5.41) is 1.77. The molecule has 74 valence electrons. The number of benzene rings is 1. The second kappa shape index (κ2) is 3.49. The molecule has 4 heteroatoms. The molecular formula is C11H8N2O2. The van der Waals surface area contributed by atoms with E-state index in [-0.39, 0.29) is 5.69 Å². The molecule has 0 aliphatic heterocycles. The van der Waals surface area contributed by atoms with Gasteiger partial charge in [-0.05, 0) is 11.5 Å². The average molecular weight is 200 g/mol. The van der Waals surface area contributed by atoms with Gasteiger partial charge in [-0.1, -0.05) is 24.3 Å². The molecule has 0 atom stereocenters. The van der Waals surface area contributed by atoms with Gasteiger partial charge in [-0.3, -0.25) is 14.6 Å². The van der Waals surface area contributed by atoms with Gasteiger partial charge in [0.2, 0.25) is 0 Å². The zero-order chi connectivity index (χ0) is 10.8. The highest BCUT2D eigenvalue weighted by Crippen LogP contribution is 2.13. The number of Topliss-reactive ketones (excluding diaryl/α,β-unsaturated/α-hetero) is 1. The Hall–Kier alpha value is -2.23. The van der Waals surface area contributed by atoms with Crippen LogP contribution in [0.3, 0.4) is 0 Å². The van der Waals surface area contributed by atoms with Crippen LogP contribution in [-0.2, 0) is 4.79 Å². The number of nitrogens with two attached hydrogens (primary N) is 1. The summed E-state index contributed by atoms with van der Waals surface area (Å²) >= 11 is 0. The molecule has 0 saturated carbocycles. The van der Waals surface area contributed by atoms with Crippen LogP contribution in [0.2, 0.25) is 0 Å². The molecule has 1 amide bonds. The molecule has 0 bridgehead atoms. The van der Waals surface area contributed by atoms with Crippen LogP contribution < -0.4 is 5.73 Å².